The van der Waals surface area contributed by atoms with Gasteiger partial charge in [0.25, 0.3) is 0 Å². The van der Waals surface area contributed by atoms with Gasteiger partial charge in [-0.3, -0.25) is 4.79 Å². The normalized spacial score (nSPS) is 23.4. The van der Waals surface area contributed by atoms with Crippen LogP contribution in [-0.4, -0.2) is 38.9 Å². The fourth-order valence-electron chi connectivity index (χ4n) is 4.54. The second-order valence-electron chi connectivity index (χ2n) is 8.80. The molecule has 1 N–H and O–H groups in total. The second-order valence-corrected chi connectivity index (χ2v) is 10.6. The van der Waals surface area contributed by atoms with Gasteiger partial charge in [-0.1, -0.05) is 6.07 Å². The van der Waals surface area contributed by atoms with Crippen LogP contribution in [0.3, 0.4) is 0 Å². The summed E-state index contributed by atoms with van der Waals surface area (Å²) in [5.74, 6) is 1.42. The summed E-state index contributed by atoms with van der Waals surface area (Å²) in [5, 5.41) is 0. The third-order valence-electron chi connectivity index (χ3n) is 6.58. The fourth-order valence-corrected chi connectivity index (χ4v) is 5.64. The van der Waals surface area contributed by atoms with Crippen LogP contribution in [0.2, 0.25) is 0 Å². The zero-order chi connectivity index (χ0) is 19.6. The minimum Gasteiger partial charge on any atom is -0.342 e. The molecule has 154 valence electrons. The van der Waals surface area contributed by atoms with E-state index in [4.69, 9.17) is 0 Å². The number of aryl methyl sites for hydroxylation is 2. The van der Waals surface area contributed by atoms with Crippen LogP contribution < -0.4 is 4.72 Å². The SMILES string of the molecule is O=C1CCC(CCNS(=O)(=O)c2ccc3c(c2)CCCC3)CCN1CC1CC1. The van der Waals surface area contributed by atoms with Crippen LogP contribution in [0.25, 0.3) is 0 Å². The topological polar surface area (TPSA) is 66.5 Å². The predicted molar refractivity (Wildman–Crippen MR) is 110 cm³/mol. The van der Waals surface area contributed by atoms with Gasteiger partial charge >= 0.3 is 0 Å². The third kappa shape index (κ3) is 4.95. The molecule has 1 saturated heterocycles. The summed E-state index contributed by atoms with van der Waals surface area (Å²) in [6.07, 6.45) is 10.2. The zero-order valence-electron chi connectivity index (χ0n) is 16.7. The Morgan fingerprint density at radius 3 is 2.54 bits per heavy atom. The lowest BCUT2D eigenvalue weighted by molar-refractivity contribution is -0.130. The molecule has 3 aliphatic rings. The highest BCUT2D eigenvalue weighted by molar-refractivity contribution is 7.89. The highest BCUT2D eigenvalue weighted by Crippen LogP contribution is 2.31. The largest absolute Gasteiger partial charge is 0.342 e. The molecule has 1 amide bonds. The number of sulfonamides is 1. The van der Waals surface area contributed by atoms with E-state index in [1.54, 1.807) is 6.07 Å². The molecule has 4 rings (SSSR count). The first-order chi connectivity index (χ1) is 13.5. The van der Waals surface area contributed by atoms with Crippen LogP contribution in [-0.2, 0) is 27.7 Å². The lowest BCUT2D eigenvalue weighted by atomic mass is 9.92. The van der Waals surface area contributed by atoms with Gasteiger partial charge in [0.2, 0.25) is 15.9 Å². The maximum atomic E-state index is 12.7. The average molecular weight is 405 g/mol. The van der Waals surface area contributed by atoms with Crippen molar-refractivity contribution in [2.24, 2.45) is 11.8 Å². The number of amides is 1. The molecule has 1 atom stereocenters. The Hall–Kier alpha value is -1.40. The van der Waals surface area contributed by atoms with Crippen LogP contribution in [0.4, 0.5) is 0 Å². The number of hydrogen-bond donors (Lipinski definition) is 1. The van der Waals surface area contributed by atoms with E-state index in [1.165, 1.54) is 30.4 Å². The number of benzene rings is 1. The van der Waals surface area contributed by atoms with E-state index in [2.05, 4.69) is 4.72 Å². The summed E-state index contributed by atoms with van der Waals surface area (Å²) in [5.41, 5.74) is 2.48. The molecule has 0 aromatic heterocycles. The molecular formula is C22H32N2O3S. The molecule has 28 heavy (non-hydrogen) atoms. The Balaban J connectivity index is 1.28. The van der Waals surface area contributed by atoms with Gasteiger partial charge < -0.3 is 4.90 Å². The van der Waals surface area contributed by atoms with Gasteiger partial charge in [-0.2, -0.15) is 0 Å². The van der Waals surface area contributed by atoms with Crippen molar-refractivity contribution >= 4 is 15.9 Å². The van der Waals surface area contributed by atoms with Crippen molar-refractivity contribution in [2.75, 3.05) is 19.6 Å². The number of nitrogens with zero attached hydrogens (tertiary/aromatic N) is 1. The minimum absolute atomic E-state index is 0.282. The first-order valence-corrected chi connectivity index (χ1v) is 12.4. The van der Waals surface area contributed by atoms with Crippen molar-refractivity contribution in [3.8, 4) is 0 Å². The van der Waals surface area contributed by atoms with Crippen LogP contribution in [0.15, 0.2) is 23.1 Å². The van der Waals surface area contributed by atoms with Crippen molar-refractivity contribution < 1.29 is 13.2 Å². The van der Waals surface area contributed by atoms with E-state index in [-0.39, 0.29) is 5.91 Å². The molecule has 5 nitrogen and oxygen atoms in total. The molecule has 1 heterocycles. The van der Waals surface area contributed by atoms with Gasteiger partial charge in [-0.25, -0.2) is 13.1 Å². The monoisotopic (exact) mass is 404 g/mol. The molecule has 1 aromatic rings. The highest BCUT2D eigenvalue weighted by Gasteiger charge is 2.29. The van der Waals surface area contributed by atoms with Crippen LogP contribution in [0.1, 0.15) is 62.5 Å². The maximum Gasteiger partial charge on any atom is 0.240 e. The quantitative estimate of drug-likeness (QED) is 0.758. The minimum atomic E-state index is -3.46. The van der Waals surface area contributed by atoms with E-state index in [9.17, 15) is 13.2 Å². The molecule has 1 saturated carbocycles. The molecule has 1 unspecified atom stereocenters. The number of nitrogens with one attached hydrogen (secondary N) is 1. The molecule has 0 bridgehead atoms. The van der Waals surface area contributed by atoms with E-state index in [1.807, 2.05) is 17.0 Å². The van der Waals surface area contributed by atoms with Gasteiger partial charge in [-0.05, 0) is 92.9 Å². The van der Waals surface area contributed by atoms with Gasteiger partial charge in [0.1, 0.15) is 0 Å². The Labute approximate surface area is 168 Å². The Bertz CT molecular complexity index is 817. The first-order valence-electron chi connectivity index (χ1n) is 10.9. The van der Waals surface area contributed by atoms with Gasteiger partial charge in [-0.15, -0.1) is 0 Å². The molecule has 2 aliphatic carbocycles. The van der Waals surface area contributed by atoms with E-state index < -0.39 is 10.0 Å². The predicted octanol–water partition coefficient (Wildman–Crippen LogP) is 3.27. The van der Waals surface area contributed by atoms with Crippen molar-refractivity contribution in [1.29, 1.82) is 0 Å². The van der Waals surface area contributed by atoms with Gasteiger partial charge in [0.05, 0.1) is 4.90 Å². The van der Waals surface area contributed by atoms with Crippen LogP contribution >= 0.6 is 0 Å². The highest BCUT2D eigenvalue weighted by atomic mass is 32.2. The summed E-state index contributed by atoms with van der Waals surface area (Å²) in [6, 6.07) is 5.58. The summed E-state index contributed by atoms with van der Waals surface area (Å²) in [4.78, 5) is 14.7. The lowest BCUT2D eigenvalue weighted by Crippen LogP contribution is -2.32. The number of rotatable bonds is 7. The Kier molecular flexibility index (Phi) is 6.07. The number of hydrogen-bond acceptors (Lipinski definition) is 3. The Morgan fingerprint density at radius 2 is 1.75 bits per heavy atom. The summed E-state index contributed by atoms with van der Waals surface area (Å²) < 4.78 is 28.2. The van der Waals surface area contributed by atoms with E-state index >= 15 is 0 Å². The van der Waals surface area contributed by atoms with Crippen molar-refractivity contribution in [1.82, 2.24) is 9.62 Å². The molecular weight excluding hydrogens is 372 g/mol. The molecule has 6 heteroatoms. The van der Waals surface area contributed by atoms with Gasteiger partial charge in [0.15, 0.2) is 0 Å². The van der Waals surface area contributed by atoms with E-state index in [0.29, 0.717) is 23.8 Å². The second kappa shape index (κ2) is 8.54. The maximum absolute atomic E-state index is 12.7. The van der Waals surface area contributed by atoms with Crippen molar-refractivity contribution in [2.45, 2.75) is 69.1 Å². The Morgan fingerprint density at radius 1 is 0.964 bits per heavy atom. The number of fused-ring (bicyclic) bond motifs is 1. The standard InChI is InChI=1S/C22H32N2O3S/c25-22-10-7-17(12-14-24(22)16-18-5-6-18)11-13-23-28(26,27)21-9-8-19-3-1-2-4-20(19)15-21/h8-9,15,17-18,23H,1-7,10-14,16H2. The molecule has 0 spiro atoms. The van der Waals surface area contributed by atoms with Crippen molar-refractivity contribution in [3.05, 3.63) is 29.3 Å². The zero-order valence-corrected chi connectivity index (χ0v) is 17.5. The van der Waals surface area contributed by atoms with Crippen molar-refractivity contribution in [3.63, 3.8) is 0 Å². The smallest absolute Gasteiger partial charge is 0.240 e. The number of carbonyl (C=O) groups excluding carboxylic acids is 1. The number of carbonyl (C=O) groups is 1. The average Bonchev–Trinajstić information content (AvgIpc) is 3.52. The number of likely N-dealkylation sites (tertiary alicyclic amines) is 1. The van der Waals surface area contributed by atoms with Crippen LogP contribution in [0, 0.1) is 11.8 Å². The third-order valence-corrected chi connectivity index (χ3v) is 8.04. The van der Waals surface area contributed by atoms with E-state index in [0.717, 1.165) is 57.5 Å². The summed E-state index contributed by atoms with van der Waals surface area (Å²) in [6.45, 7) is 2.20. The molecule has 1 aliphatic heterocycles. The molecule has 1 aromatic carbocycles. The summed E-state index contributed by atoms with van der Waals surface area (Å²) >= 11 is 0. The molecule has 0 radical (unpaired) electrons. The van der Waals surface area contributed by atoms with Gasteiger partial charge in [0, 0.05) is 26.1 Å². The molecule has 2 fully saturated rings. The lowest BCUT2D eigenvalue weighted by Gasteiger charge is -2.20. The fraction of sp³-hybridized carbons (Fsp3) is 0.682. The first kappa shape index (κ1) is 19.9. The summed E-state index contributed by atoms with van der Waals surface area (Å²) in [7, 11) is -3.46. The van der Waals surface area contributed by atoms with Crippen LogP contribution in [0.5, 0.6) is 0 Å².